The minimum Gasteiger partial charge on any atom is -0.481 e. The van der Waals surface area contributed by atoms with Gasteiger partial charge < -0.3 is 14.8 Å². The topological polar surface area (TPSA) is 82.4 Å². The Kier molecular flexibility index (Phi) is 3.39. The van der Waals surface area contributed by atoms with Gasteiger partial charge in [-0.15, -0.1) is 0 Å². The van der Waals surface area contributed by atoms with Crippen molar-refractivity contribution < 1.29 is 19.5 Å². The maximum absolute atomic E-state index is 12.1. The number of nitrogens with zero attached hydrogens (tertiary/aromatic N) is 3. The van der Waals surface area contributed by atoms with Gasteiger partial charge >= 0.3 is 5.97 Å². The summed E-state index contributed by atoms with van der Waals surface area (Å²) in [5, 5.41) is 13.1. The second-order valence-corrected chi connectivity index (χ2v) is 6.48. The van der Waals surface area contributed by atoms with Gasteiger partial charge in [-0.1, -0.05) is 5.16 Å². The highest BCUT2D eigenvalue weighted by atomic mass is 16.6. The maximum atomic E-state index is 12.1. The average Bonchev–Trinajstić information content (AvgIpc) is 2.92. The molecular weight excluding hydrogens is 274 g/mol. The van der Waals surface area contributed by atoms with Crippen LogP contribution in [0.4, 0.5) is 0 Å². The van der Waals surface area contributed by atoms with Gasteiger partial charge in [0.1, 0.15) is 6.10 Å². The van der Waals surface area contributed by atoms with Gasteiger partial charge in [-0.3, -0.25) is 14.5 Å². The van der Waals surface area contributed by atoms with Crippen molar-refractivity contribution in [1.82, 2.24) is 9.80 Å². The zero-order chi connectivity index (χ0) is 15.2. The molecule has 3 aliphatic rings. The fourth-order valence-electron chi connectivity index (χ4n) is 3.62. The van der Waals surface area contributed by atoms with E-state index in [9.17, 15) is 9.59 Å². The minimum atomic E-state index is -0.758. The molecule has 2 heterocycles. The minimum absolute atomic E-state index is 0.0360. The third kappa shape index (κ3) is 2.29. The number of rotatable bonds is 4. The van der Waals surface area contributed by atoms with Gasteiger partial charge in [-0.2, -0.15) is 0 Å². The molecule has 7 nitrogen and oxygen atoms in total. The highest BCUT2D eigenvalue weighted by Crippen LogP contribution is 2.44. The summed E-state index contributed by atoms with van der Waals surface area (Å²) >= 11 is 0. The quantitative estimate of drug-likeness (QED) is 0.799. The predicted molar refractivity (Wildman–Crippen MR) is 74.9 cm³/mol. The summed E-state index contributed by atoms with van der Waals surface area (Å²) in [6.45, 7) is 1.32. The van der Waals surface area contributed by atoms with E-state index in [0.29, 0.717) is 18.8 Å². The van der Waals surface area contributed by atoms with E-state index in [4.69, 9.17) is 9.94 Å². The molecule has 0 spiro atoms. The smallest absolute Gasteiger partial charge is 0.305 e. The molecule has 0 unspecified atom stereocenters. The highest BCUT2D eigenvalue weighted by Gasteiger charge is 2.53. The Morgan fingerprint density at radius 3 is 2.67 bits per heavy atom. The molecule has 7 heteroatoms. The van der Waals surface area contributed by atoms with Crippen LogP contribution in [0.5, 0.6) is 0 Å². The molecule has 116 valence electrons. The number of aliphatic carboxylic acids is 1. The second kappa shape index (κ2) is 4.98. The molecule has 0 aromatic rings. The van der Waals surface area contributed by atoms with Gasteiger partial charge in [0, 0.05) is 32.7 Å². The maximum Gasteiger partial charge on any atom is 0.305 e. The first-order chi connectivity index (χ1) is 9.93. The Labute approximate surface area is 123 Å². The number of hydrogen-bond donors (Lipinski definition) is 1. The van der Waals surface area contributed by atoms with Crippen LogP contribution in [0.2, 0.25) is 0 Å². The van der Waals surface area contributed by atoms with E-state index in [1.54, 1.807) is 14.1 Å². The van der Waals surface area contributed by atoms with E-state index >= 15 is 0 Å². The van der Waals surface area contributed by atoms with Gasteiger partial charge in [0.2, 0.25) is 0 Å². The van der Waals surface area contributed by atoms with E-state index in [-0.39, 0.29) is 29.9 Å². The number of likely N-dealkylation sites (tertiary alicyclic amines) is 1. The molecule has 1 saturated heterocycles. The lowest BCUT2D eigenvalue weighted by atomic mass is 9.73. The molecule has 1 aliphatic carbocycles. The molecule has 2 aliphatic heterocycles. The normalized spacial score (nSPS) is 30.1. The summed E-state index contributed by atoms with van der Waals surface area (Å²) in [5.41, 5.74) is 0.225. The number of carbonyl (C=O) groups is 2. The van der Waals surface area contributed by atoms with Gasteiger partial charge in [-0.05, 0) is 19.3 Å². The number of carbonyl (C=O) groups excluding carboxylic acids is 1. The van der Waals surface area contributed by atoms with Crippen molar-refractivity contribution in [2.45, 2.75) is 37.3 Å². The average molecular weight is 295 g/mol. The number of carboxylic acids is 1. The van der Waals surface area contributed by atoms with Crippen LogP contribution in [0.15, 0.2) is 5.16 Å². The van der Waals surface area contributed by atoms with E-state index in [2.05, 4.69) is 10.1 Å². The van der Waals surface area contributed by atoms with Crippen molar-refractivity contribution in [3.8, 4) is 0 Å². The summed E-state index contributed by atoms with van der Waals surface area (Å²) in [5.74, 6) is -0.914. The molecule has 2 fully saturated rings. The third-order valence-corrected chi connectivity index (χ3v) is 4.96. The highest BCUT2D eigenvalue weighted by molar-refractivity contribution is 6.39. The lowest BCUT2D eigenvalue weighted by Crippen LogP contribution is -2.54. The Morgan fingerprint density at radius 1 is 1.43 bits per heavy atom. The zero-order valence-corrected chi connectivity index (χ0v) is 12.4. The first-order valence-corrected chi connectivity index (χ1v) is 7.35. The van der Waals surface area contributed by atoms with E-state index in [1.807, 2.05) is 0 Å². The summed E-state index contributed by atoms with van der Waals surface area (Å²) in [6.07, 6.45) is 2.94. The summed E-state index contributed by atoms with van der Waals surface area (Å²) in [4.78, 5) is 32.4. The monoisotopic (exact) mass is 295 g/mol. The molecule has 3 rings (SSSR count). The van der Waals surface area contributed by atoms with Crippen molar-refractivity contribution >= 4 is 17.6 Å². The molecule has 2 atom stereocenters. The molecule has 0 aromatic heterocycles. The Balaban J connectivity index is 1.73. The number of amides is 1. The molecule has 0 bridgehead atoms. The van der Waals surface area contributed by atoms with Crippen LogP contribution in [0.25, 0.3) is 0 Å². The van der Waals surface area contributed by atoms with Crippen molar-refractivity contribution in [2.75, 3.05) is 27.2 Å². The number of carboxylic acid groups (broad SMARTS) is 1. The zero-order valence-electron chi connectivity index (χ0n) is 12.4. The van der Waals surface area contributed by atoms with Gasteiger partial charge in [0.05, 0.1) is 12.3 Å². The van der Waals surface area contributed by atoms with E-state index in [1.165, 1.54) is 4.90 Å². The van der Waals surface area contributed by atoms with Gasteiger partial charge in [-0.25, -0.2) is 0 Å². The lowest BCUT2D eigenvalue weighted by molar-refractivity contribution is -0.142. The van der Waals surface area contributed by atoms with Crippen LogP contribution in [-0.2, 0) is 14.4 Å². The van der Waals surface area contributed by atoms with Crippen LogP contribution >= 0.6 is 0 Å². The Bertz CT molecular complexity index is 498. The van der Waals surface area contributed by atoms with Gasteiger partial charge in [0.25, 0.3) is 5.91 Å². The lowest BCUT2D eigenvalue weighted by Gasteiger charge is -2.48. The number of oxime groups is 1. The molecule has 0 radical (unpaired) electrons. The first kappa shape index (κ1) is 14.3. The fourth-order valence-corrected chi connectivity index (χ4v) is 3.62. The van der Waals surface area contributed by atoms with E-state index < -0.39 is 5.97 Å². The molecule has 1 amide bonds. The van der Waals surface area contributed by atoms with Crippen molar-refractivity contribution in [1.29, 1.82) is 0 Å². The SMILES string of the molecule is CN(C)C(=O)C1=NO[C@@H]2CN(C3(CC(=O)O)CCC3)C[C@H]12. The number of fused-ring (bicyclic) bond motifs is 1. The molecular formula is C14H21N3O4. The standard InChI is InChI=1S/C14H21N3O4/c1-16(2)13(20)12-9-7-17(8-10(9)21-15-12)14(4-3-5-14)6-11(18)19/h9-10H,3-8H2,1-2H3,(H,18,19)/t9-,10+/m0/s1. The predicted octanol–water partition coefficient (Wildman–Crippen LogP) is 0.159. The Morgan fingerprint density at radius 2 is 2.14 bits per heavy atom. The van der Waals surface area contributed by atoms with Crippen LogP contribution in [-0.4, -0.2) is 71.3 Å². The molecule has 21 heavy (non-hydrogen) atoms. The number of hydrogen-bond acceptors (Lipinski definition) is 5. The summed E-state index contributed by atoms with van der Waals surface area (Å²) < 4.78 is 0. The van der Waals surface area contributed by atoms with Crippen molar-refractivity contribution in [2.24, 2.45) is 11.1 Å². The third-order valence-electron chi connectivity index (χ3n) is 4.96. The van der Waals surface area contributed by atoms with Crippen molar-refractivity contribution in [3.63, 3.8) is 0 Å². The molecule has 1 saturated carbocycles. The Hall–Kier alpha value is -1.63. The van der Waals surface area contributed by atoms with Gasteiger partial charge in [0.15, 0.2) is 5.71 Å². The van der Waals surface area contributed by atoms with Crippen LogP contribution < -0.4 is 0 Å². The van der Waals surface area contributed by atoms with Crippen LogP contribution in [0.3, 0.4) is 0 Å². The second-order valence-electron chi connectivity index (χ2n) is 6.48. The van der Waals surface area contributed by atoms with E-state index in [0.717, 1.165) is 19.3 Å². The molecule has 1 N–H and O–H groups in total. The summed E-state index contributed by atoms with van der Waals surface area (Å²) in [7, 11) is 3.39. The largest absolute Gasteiger partial charge is 0.481 e. The molecule has 0 aromatic carbocycles. The summed E-state index contributed by atoms with van der Waals surface area (Å²) in [6, 6.07) is 0. The van der Waals surface area contributed by atoms with Crippen LogP contribution in [0.1, 0.15) is 25.7 Å². The van der Waals surface area contributed by atoms with Crippen molar-refractivity contribution in [3.05, 3.63) is 0 Å². The fraction of sp³-hybridized carbons (Fsp3) is 0.786. The van der Waals surface area contributed by atoms with Crippen LogP contribution in [0, 0.1) is 5.92 Å². The first-order valence-electron chi connectivity index (χ1n) is 7.35.